The van der Waals surface area contributed by atoms with Gasteiger partial charge in [-0.3, -0.25) is 10.2 Å². The van der Waals surface area contributed by atoms with Crippen molar-refractivity contribution in [1.82, 2.24) is 25.2 Å². The first kappa shape index (κ1) is 28.6. The summed E-state index contributed by atoms with van der Waals surface area (Å²) < 4.78 is 0. The van der Waals surface area contributed by atoms with Gasteiger partial charge in [-0.2, -0.15) is 5.11 Å². The number of carbonyl (C=O) groups excluding carboxylic acids is 1. The number of nitrogens with two attached hydrogens (primary N) is 1. The normalized spacial score (nSPS) is 11.5. The third-order valence-corrected chi connectivity index (χ3v) is 6.59. The van der Waals surface area contributed by atoms with Gasteiger partial charge in [0.15, 0.2) is 0 Å². The number of unbranched alkanes of at least 4 members (excludes halogenated alkanes) is 3. The average molecular weight is 540 g/mol. The van der Waals surface area contributed by atoms with Crippen LogP contribution in [0.25, 0.3) is 22.2 Å². The largest absolute Gasteiger partial charge is 0.384 e. The van der Waals surface area contributed by atoms with Gasteiger partial charge in [0.05, 0.1) is 12.2 Å². The van der Waals surface area contributed by atoms with Gasteiger partial charge >= 0.3 is 0 Å². The molecular formula is C30H37N9O. The Labute approximate surface area is 234 Å². The summed E-state index contributed by atoms with van der Waals surface area (Å²) >= 11 is 0. The minimum absolute atomic E-state index is 0.0276. The third-order valence-electron chi connectivity index (χ3n) is 6.59. The lowest BCUT2D eigenvalue weighted by Crippen LogP contribution is -2.25. The first-order valence-corrected chi connectivity index (χ1v) is 13.6. The van der Waals surface area contributed by atoms with Crippen molar-refractivity contribution < 1.29 is 4.79 Å². The summed E-state index contributed by atoms with van der Waals surface area (Å²) in [6.45, 7) is 2.27. The molecule has 0 saturated heterocycles. The number of H-pyrrole nitrogens is 1. The molecular weight excluding hydrogens is 502 g/mol. The monoisotopic (exact) mass is 539 g/mol. The molecule has 40 heavy (non-hydrogen) atoms. The maximum atomic E-state index is 12.7. The van der Waals surface area contributed by atoms with Crippen LogP contribution in [0.2, 0.25) is 0 Å². The Balaban J connectivity index is 1.25. The highest BCUT2D eigenvalue weighted by Gasteiger charge is 2.09. The smallest absolute Gasteiger partial charge is 0.268 e. The zero-order valence-electron chi connectivity index (χ0n) is 23.2. The molecule has 208 valence electrons. The van der Waals surface area contributed by atoms with E-state index in [1.54, 1.807) is 24.5 Å². The Morgan fingerprint density at radius 1 is 1.07 bits per heavy atom. The van der Waals surface area contributed by atoms with Gasteiger partial charge in [0.2, 0.25) is 0 Å². The predicted molar refractivity (Wildman–Crippen MR) is 159 cm³/mol. The van der Waals surface area contributed by atoms with Crippen LogP contribution >= 0.6 is 0 Å². The van der Waals surface area contributed by atoms with Crippen molar-refractivity contribution in [1.29, 1.82) is 5.41 Å². The molecule has 2 heterocycles. The highest BCUT2D eigenvalue weighted by molar-refractivity contribution is 6.07. The highest BCUT2D eigenvalue weighted by atomic mass is 16.1. The lowest BCUT2D eigenvalue weighted by Gasteiger charge is -2.08. The average Bonchev–Trinajstić information content (AvgIpc) is 3.38. The van der Waals surface area contributed by atoms with Crippen LogP contribution in [0.4, 0.5) is 5.95 Å². The predicted octanol–water partition coefficient (Wildman–Crippen LogP) is 5.09. The van der Waals surface area contributed by atoms with Gasteiger partial charge in [0.25, 0.3) is 11.9 Å². The molecule has 0 bridgehead atoms. The van der Waals surface area contributed by atoms with Gasteiger partial charge in [0.1, 0.15) is 5.84 Å². The summed E-state index contributed by atoms with van der Waals surface area (Å²) in [7, 11) is 4.19. The molecule has 10 nitrogen and oxygen atoms in total. The third kappa shape index (κ3) is 8.03. The molecule has 1 amide bonds. The lowest BCUT2D eigenvalue weighted by atomic mass is 10.1. The number of aromatic nitrogens is 3. The zero-order chi connectivity index (χ0) is 28.3. The summed E-state index contributed by atoms with van der Waals surface area (Å²) in [5.74, 6) is 0.220. The number of aromatic amines is 1. The molecule has 0 aliphatic rings. The van der Waals surface area contributed by atoms with Crippen LogP contribution < -0.4 is 11.1 Å². The number of nitrogens with zero attached hydrogens (tertiary/aromatic N) is 5. The van der Waals surface area contributed by atoms with E-state index in [1.165, 1.54) is 12.8 Å². The molecule has 0 radical (unpaired) electrons. The van der Waals surface area contributed by atoms with E-state index in [2.05, 4.69) is 49.5 Å². The van der Waals surface area contributed by atoms with Crippen LogP contribution in [-0.2, 0) is 6.42 Å². The van der Waals surface area contributed by atoms with Crippen molar-refractivity contribution in [2.24, 2.45) is 16.0 Å². The van der Waals surface area contributed by atoms with Crippen molar-refractivity contribution in [2.75, 3.05) is 33.7 Å². The molecule has 4 aromatic rings. The minimum atomic E-state index is -0.141. The van der Waals surface area contributed by atoms with E-state index in [9.17, 15) is 4.79 Å². The van der Waals surface area contributed by atoms with Gasteiger partial charge in [-0.15, -0.1) is 5.11 Å². The highest BCUT2D eigenvalue weighted by Crippen LogP contribution is 2.21. The molecule has 0 spiro atoms. The number of carbonyl (C=O) groups is 1. The summed E-state index contributed by atoms with van der Waals surface area (Å²) in [6.07, 6.45) is 8.61. The minimum Gasteiger partial charge on any atom is -0.384 e. The van der Waals surface area contributed by atoms with Gasteiger partial charge < -0.3 is 20.9 Å². The fraction of sp³-hybridized carbons (Fsp3) is 0.333. The number of nitrogens with one attached hydrogen (secondary N) is 3. The molecule has 5 N–H and O–H groups in total. The van der Waals surface area contributed by atoms with E-state index in [4.69, 9.17) is 11.1 Å². The maximum absolute atomic E-state index is 12.7. The van der Waals surface area contributed by atoms with Gasteiger partial charge in [-0.05, 0) is 75.8 Å². The van der Waals surface area contributed by atoms with Crippen LogP contribution in [0.15, 0.2) is 71.2 Å². The number of hydrogen-bond acceptors (Lipinski definition) is 7. The Hall–Kier alpha value is -4.44. The van der Waals surface area contributed by atoms with Crippen molar-refractivity contribution >= 4 is 28.6 Å². The van der Waals surface area contributed by atoms with Crippen molar-refractivity contribution in [3.8, 4) is 11.3 Å². The molecule has 10 heteroatoms. The first-order chi connectivity index (χ1) is 19.4. The van der Waals surface area contributed by atoms with E-state index in [0.29, 0.717) is 36.6 Å². The number of azo groups is 1. The summed E-state index contributed by atoms with van der Waals surface area (Å²) in [5, 5.41) is 20.0. The lowest BCUT2D eigenvalue weighted by molar-refractivity contribution is 0.0954. The molecule has 0 aliphatic carbocycles. The second kappa shape index (κ2) is 14.1. The van der Waals surface area contributed by atoms with E-state index in [-0.39, 0.29) is 11.7 Å². The number of fused-ring (bicyclic) bond motifs is 1. The molecule has 0 aliphatic heterocycles. The van der Waals surface area contributed by atoms with Gasteiger partial charge in [0, 0.05) is 46.5 Å². The van der Waals surface area contributed by atoms with Crippen molar-refractivity contribution in [2.45, 2.75) is 32.1 Å². The Kier molecular flexibility index (Phi) is 10.1. The first-order valence-electron chi connectivity index (χ1n) is 13.6. The zero-order valence-corrected chi connectivity index (χ0v) is 23.2. The number of amidine groups is 1. The molecule has 0 atom stereocenters. The number of hydrogen-bond donors (Lipinski definition) is 4. The fourth-order valence-corrected chi connectivity index (χ4v) is 4.40. The van der Waals surface area contributed by atoms with Crippen LogP contribution in [0, 0.1) is 5.41 Å². The SMILES string of the molecule is CN(C)CCCCCC/N=N/c1nccc(-c2ccc(C(=O)NCCc3ccc4[nH]cc(C(=N)N)c4c3)cc2)n1. The van der Waals surface area contributed by atoms with Crippen LogP contribution in [0.3, 0.4) is 0 Å². The van der Waals surface area contributed by atoms with Gasteiger partial charge in [-0.25, -0.2) is 9.97 Å². The molecule has 2 aromatic carbocycles. The van der Waals surface area contributed by atoms with Crippen LogP contribution in [-0.4, -0.2) is 65.3 Å². The number of nitrogen functional groups attached to an aromatic ring is 1. The Morgan fingerprint density at radius 2 is 1.88 bits per heavy atom. The quantitative estimate of drug-likeness (QED) is 0.0762. The molecule has 4 rings (SSSR count). The van der Waals surface area contributed by atoms with Crippen molar-refractivity contribution in [3.63, 3.8) is 0 Å². The summed E-state index contributed by atoms with van der Waals surface area (Å²) in [4.78, 5) is 26.7. The second-order valence-corrected chi connectivity index (χ2v) is 10.0. The topological polar surface area (TPSA) is 148 Å². The Bertz CT molecular complexity index is 1460. The van der Waals surface area contributed by atoms with E-state index in [1.807, 2.05) is 36.4 Å². The van der Waals surface area contributed by atoms with Crippen LogP contribution in [0.1, 0.15) is 47.2 Å². The summed E-state index contributed by atoms with van der Waals surface area (Å²) in [5.41, 5.74) is 10.5. The number of rotatable bonds is 14. The van der Waals surface area contributed by atoms with E-state index >= 15 is 0 Å². The maximum Gasteiger partial charge on any atom is 0.268 e. The van der Waals surface area contributed by atoms with Crippen molar-refractivity contribution in [3.05, 3.63) is 77.6 Å². The van der Waals surface area contributed by atoms with E-state index in [0.717, 1.165) is 47.1 Å². The second-order valence-electron chi connectivity index (χ2n) is 10.0. The standard InChI is InChI=1S/C30H37N9O/c1-39(2)18-6-4-3-5-15-36-38-30-34-17-14-26(37-30)22-8-10-23(11-9-22)29(40)33-16-13-21-7-12-27-24(19-21)25(20-35-27)28(31)32/h7-12,14,17,19-20,35H,3-6,13,15-16,18H2,1-2H3,(H3,31,32)(H,33,40)/b38-36+. The molecule has 0 fully saturated rings. The number of benzene rings is 2. The molecule has 0 saturated carbocycles. The van der Waals surface area contributed by atoms with Crippen LogP contribution in [0.5, 0.6) is 0 Å². The summed E-state index contributed by atoms with van der Waals surface area (Å²) in [6, 6.07) is 15.1. The van der Waals surface area contributed by atoms with Gasteiger partial charge in [-0.1, -0.05) is 31.0 Å². The Morgan fingerprint density at radius 3 is 2.65 bits per heavy atom. The molecule has 0 unspecified atom stereocenters. The van der Waals surface area contributed by atoms with E-state index < -0.39 is 0 Å². The molecule has 2 aromatic heterocycles. The fourth-order valence-electron chi connectivity index (χ4n) is 4.40. The number of amides is 1.